The first-order valence-electron chi connectivity index (χ1n) is 2.58. The van der Waals surface area contributed by atoms with Gasteiger partial charge in [-0.05, 0) is 0 Å². The topological polar surface area (TPSA) is 20.2 Å². The standard InChI is InChI=1S/C4H2ClF7O/c5-1(6)2(7,8)3(9,10)4(11,12)13/h1,13H. The molecule has 0 spiro atoms. The molecule has 0 aliphatic rings. The molecule has 9 heteroatoms. The summed E-state index contributed by atoms with van der Waals surface area (Å²) in [5, 5.41) is 7.34. The molecule has 1 nitrogen and oxygen atoms in total. The first kappa shape index (κ1) is 12.8. The van der Waals surface area contributed by atoms with Gasteiger partial charge in [-0.1, -0.05) is 11.6 Å². The zero-order chi connectivity index (χ0) is 11.1. The number of aliphatic hydroxyl groups is 1. The van der Waals surface area contributed by atoms with E-state index < -0.39 is 23.6 Å². The molecule has 0 saturated carbocycles. The molecule has 1 atom stereocenters. The van der Waals surface area contributed by atoms with Crippen molar-refractivity contribution in [1.82, 2.24) is 0 Å². The molecular formula is C4H2ClF7O. The number of hydrogen-bond donors (Lipinski definition) is 1. The minimum absolute atomic E-state index is 3.92. The summed E-state index contributed by atoms with van der Waals surface area (Å²) in [6, 6.07) is 0. The Bertz CT molecular complexity index is 185. The highest BCUT2D eigenvalue weighted by Crippen LogP contribution is 2.47. The van der Waals surface area contributed by atoms with E-state index in [2.05, 4.69) is 11.6 Å². The van der Waals surface area contributed by atoms with Crippen molar-refractivity contribution in [3.05, 3.63) is 0 Å². The van der Waals surface area contributed by atoms with Gasteiger partial charge in [-0.15, -0.1) is 0 Å². The summed E-state index contributed by atoms with van der Waals surface area (Å²) < 4.78 is 82.1. The molecule has 0 heterocycles. The summed E-state index contributed by atoms with van der Waals surface area (Å²) in [6.07, 6.45) is -6.05. The molecule has 0 rings (SSSR count). The fourth-order valence-corrected chi connectivity index (χ4v) is 0.475. The molecule has 0 aromatic carbocycles. The minimum Gasteiger partial charge on any atom is -0.331 e. The Kier molecular flexibility index (Phi) is 3.10. The third-order valence-electron chi connectivity index (χ3n) is 1.07. The lowest BCUT2D eigenvalue weighted by atomic mass is 10.2. The van der Waals surface area contributed by atoms with Crippen LogP contribution in [0.2, 0.25) is 0 Å². The van der Waals surface area contributed by atoms with Crippen LogP contribution in [0.5, 0.6) is 0 Å². The van der Waals surface area contributed by atoms with E-state index in [0.29, 0.717) is 0 Å². The lowest BCUT2D eigenvalue weighted by molar-refractivity contribution is -0.388. The highest BCUT2D eigenvalue weighted by Gasteiger charge is 2.74. The van der Waals surface area contributed by atoms with Crippen molar-refractivity contribution in [2.75, 3.05) is 0 Å². The van der Waals surface area contributed by atoms with Crippen molar-refractivity contribution in [2.24, 2.45) is 0 Å². The largest absolute Gasteiger partial charge is 0.423 e. The van der Waals surface area contributed by atoms with Crippen LogP contribution in [0.15, 0.2) is 0 Å². The van der Waals surface area contributed by atoms with Crippen molar-refractivity contribution >= 4 is 11.6 Å². The van der Waals surface area contributed by atoms with Gasteiger partial charge in [0.05, 0.1) is 0 Å². The second kappa shape index (κ2) is 3.16. The van der Waals surface area contributed by atoms with Crippen LogP contribution in [0.3, 0.4) is 0 Å². The van der Waals surface area contributed by atoms with Gasteiger partial charge in [0.15, 0.2) is 0 Å². The van der Waals surface area contributed by atoms with E-state index in [-0.39, 0.29) is 0 Å². The van der Waals surface area contributed by atoms with Crippen molar-refractivity contribution in [3.63, 3.8) is 0 Å². The smallest absolute Gasteiger partial charge is 0.331 e. The molecule has 1 N–H and O–H groups in total. The molecule has 0 aromatic heterocycles. The molecule has 0 fully saturated rings. The molecular weight excluding hydrogens is 232 g/mol. The van der Waals surface area contributed by atoms with Crippen molar-refractivity contribution in [2.45, 2.75) is 23.6 Å². The van der Waals surface area contributed by atoms with Gasteiger partial charge in [-0.2, -0.15) is 26.3 Å². The quantitative estimate of drug-likeness (QED) is 0.587. The summed E-state index contributed by atoms with van der Waals surface area (Å²) in [6.45, 7) is 0. The van der Waals surface area contributed by atoms with Crippen molar-refractivity contribution in [3.8, 4) is 0 Å². The molecule has 0 aliphatic carbocycles. The molecule has 0 aliphatic heterocycles. The predicted molar refractivity (Wildman–Crippen MR) is 27.8 cm³/mol. The summed E-state index contributed by atoms with van der Waals surface area (Å²) >= 11 is 3.92. The predicted octanol–water partition coefficient (Wildman–Crippen LogP) is 2.38. The van der Waals surface area contributed by atoms with E-state index >= 15 is 0 Å². The van der Waals surface area contributed by atoms with Gasteiger partial charge in [0, 0.05) is 0 Å². The molecule has 0 amide bonds. The van der Waals surface area contributed by atoms with Gasteiger partial charge in [0.1, 0.15) is 0 Å². The second-order valence-corrected chi connectivity index (χ2v) is 2.42. The van der Waals surface area contributed by atoms with Crippen LogP contribution >= 0.6 is 11.6 Å². The van der Waals surface area contributed by atoms with Gasteiger partial charge >= 0.3 is 18.0 Å². The molecule has 0 saturated heterocycles. The van der Waals surface area contributed by atoms with Gasteiger partial charge < -0.3 is 5.11 Å². The molecule has 0 radical (unpaired) electrons. The van der Waals surface area contributed by atoms with E-state index in [1.807, 2.05) is 0 Å². The first-order chi connectivity index (χ1) is 5.44. The van der Waals surface area contributed by atoms with E-state index in [4.69, 9.17) is 5.11 Å². The van der Waals surface area contributed by atoms with E-state index in [9.17, 15) is 30.7 Å². The van der Waals surface area contributed by atoms with Crippen LogP contribution in [-0.2, 0) is 0 Å². The summed E-state index contributed by atoms with van der Waals surface area (Å²) in [7, 11) is 0. The Hall–Kier alpha value is -0.240. The van der Waals surface area contributed by atoms with Gasteiger partial charge in [-0.25, -0.2) is 4.39 Å². The third-order valence-corrected chi connectivity index (χ3v) is 1.34. The van der Waals surface area contributed by atoms with Crippen LogP contribution in [0.4, 0.5) is 30.7 Å². The highest BCUT2D eigenvalue weighted by molar-refractivity contribution is 6.20. The van der Waals surface area contributed by atoms with Crippen LogP contribution in [0.25, 0.3) is 0 Å². The van der Waals surface area contributed by atoms with E-state index in [0.717, 1.165) is 0 Å². The summed E-state index contributed by atoms with van der Waals surface area (Å²) in [5.41, 5.74) is -4.03. The minimum atomic E-state index is -6.26. The molecule has 13 heavy (non-hydrogen) atoms. The SMILES string of the molecule is OC(F)(F)C(F)(F)C(F)(F)C(F)Cl. The van der Waals surface area contributed by atoms with Gasteiger partial charge in [0.2, 0.25) is 5.63 Å². The molecule has 1 unspecified atom stereocenters. The van der Waals surface area contributed by atoms with Gasteiger partial charge in [-0.3, -0.25) is 0 Å². The second-order valence-electron chi connectivity index (χ2n) is 2.04. The Balaban J connectivity index is 5.04. The maximum Gasteiger partial charge on any atom is 0.423 e. The normalized spacial score (nSPS) is 17.3. The number of alkyl halides is 8. The summed E-state index contributed by atoms with van der Waals surface area (Å²) in [5.74, 6) is -12.1. The van der Waals surface area contributed by atoms with Crippen molar-refractivity contribution in [1.29, 1.82) is 0 Å². The van der Waals surface area contributed by atoms with Crippen LogP contribution in [0.1, 0.15) is 0 Å². The number of rotatable bonds is 3. The van der Waals surface area contributed by atoms with Crippen LogP contribution < -0.4 is 0 Å². The maximum atomic E-state index is 11.9. The monoisotopic (exact) mass is 234 g/mol. The lowest BCUT2D eigenvalue weighted by Gasteiger charge is -2.29. The van der Waals surface area contributed by atoms with E-state index in [1.54, 1.807) is 0 Å². The fraction of sp³-hybridized carbons (Fsp3) is 1.00. The zero-order valence-electron chi connectivity index (χ0n) is 5.55. The Morgan fingerprint density at radius 2 is 1.31 bits per heavy atom. The molecule has 0 bridgehead atoms. The average molecular weight is 234 g/mol. The van der Waals surface area contributed by atoms with Gasteiger partial charge in [0.25, 0.3) is 0 Å². The highest BCUT2D eigenvalue weighted by atomic mass is 35.5. The molecule has 0 aromatic rings. The average Bonchev–Trinajstić information content (AvgIpc) is 1.84. The van der Waals surface area contributed by atoms with Crippen LogP contribution in [-0.4, -0.2) is 28.7 Å². The fourth-order valence-electron chi connectivity index (χ4n) is 0.338. The van der Waals surface area contributed by atoms with E-state index in [1.165, 1.54) is 0 Å². The lowest BCUT2D eigenvalue weighted by Crippen LogP contribution is -2.57. The number of hydrogen-bond acceptors (Lipinski definition) is 1. The Morgan fingerprint density at radius 1 is 1.00 bits per heavy atom. The van der Waals surface area contributed by atoms with Crippen molar-refractivity contribution < 1.29 is 35.8 Å². The molecule has 80 valence electrons. The Labute approximate surface area is 72.1 Å². The maximum absolute atomic E-state index is 11.9. The Morgan fingerprint density at radius 3 is 1.38 bits per heavy atom. The first-order valence-corrected chi connectivity index (χ1v) is 3.02. The number of halogens is 8. The third kappa shape index (κ3) is 1.98. The zero-order valence-corrected chi connectivity index (χ0v) is 6.30. The van der Waals surface area contributed by atoms with Crippen LogP contribution in [0, 0.1) is 0 Å². The summed E-state index contributed by atoms with van der Waals surface area (Å²) in [4.78, 5) is 0.